The molecule has 0 spiro atoms. The van der Waals surface area contributed by atoms with Gasteiger partial charge in [0.15, 0.2) is 5.11 Å². The summed E-state index contributed by atoms with van der Waals surface area (Å²) in [4.78, 5) is 11.5. The van der Waals surface area contributed by atoms with Crippen LogP contribution in [0.4, 0.5) is 0 Å². The lowest BCUT2D eigenvalue weighted by Crippen LogP contribution is -2.34. The summed E-state index contributed by atoms with van der Waals surface area (Å²) in [5, 5.41) is 7.26. The Morgan fingerprint density at radius 2 is 2.15 bits per heavy atom. The van der Waals surface area contributed by atoms with Gasteiger partial charge in [0.1, 0.15) is 0 Å². The van der Waals surface area contributed by atoms with Crippen LogP contribution in [0.25, 0.3) is 0 Å². The van der Waals surface area contributed by atoms with E-state index in [4.69, 9.17) is 21.7 Å². The number of rotatable bonds is 6. The first-order valence-corrected chi connectivity index (χ1v) is 6.33. The summed E-state index contributed by atoms with van der Waals surface area (Å²) in [5.41, 5.74) is 3.74. The zero-order valence-electron chi connectivity index (χ0n) is 11.4. The quantitative estimate of drug-likeness (QED) is 0.267. The Kier molecular flexibility index (Phi) is 7.23. The predicted molar refractivity (Wildman–Crippen MR) is 81.0 cm³/mol. The van der Waals surface area contributed by atoms with Crippen molar-refractivity contribution < 1.29 is 14.3 Å². The molecule has 0 unspecified atom stereocenters. The van der Waals surface area contributed by atoms with Crippen molar-refractivity contribution in [3.8, 4) is 0 Å². The zero-order valence-corrected chi connectivity index (χ0v) is 12.2. The van der Waals surface area contributed by atoms with Crippen molar-refractivity contribution in [3.05, 3.63) is 35.4 Å². The van der Waals surface area contributed by atoms with E-state index >= 15 is 0 Å². The minimum Gasteiger partial charge on any atom is -0.465 e. The Bertz CT molecular complexity index is 492. The van der Waals surface area contributed by atoms with Gasteiger partial charge in [-0.05, 0) is 18.3 Å². The number of thiocarbonyl (C=S) groups is 1. The maximum Gasteiger partial charge on any atom is 0.338 e. The highest BCUT2D eigenvalue weighted by atomic mass is 32.1. The van der Waals surface area contributed by atoms with Gasteiger partial charge < -0.3 is 14.8 Å². The predicted octanol–water partition coefficient (Wildman–Crippen LogP) is 0.918. The number of nitrogens with zero attached hydrogens (tertiary/aromatic N) is 1. The monoisotopic (exact) mass is 295 g/mol. The Hall–Kier alpha value is -1.99. The van der Waals surface area contributed by atoms with Crippen molar-refractivity contribution in [1.29, 1.82) is 0 Å². The van der Waals surface area contributed by atoms with E-state index in [9.17, 15) is 4.79 Å². The molecule has 2 N–H and O–H groups in total. The molecule has 0 radical (unpaired) electrons. The maximum absolute atomic E-state index is 11.5. The van der Waals surface area contributed by atoms with E-state index in [2.05, 4.69) is 15.8 Å². The lowest BCUT2D eigenvalue weighted by atomic mass is 10.1. The van der Waals surface area contributed by atoms with Crippen molar-refractivity contribution in [3.63, 3.8) is 0 Å². The van der Waals surface area contributed by atoms with Crippen molar-refractivity contribution >= 4 is 29.5 Å². The van der Waals surface area contributed by atoms with Gasteiger partial charge in [-0.3, -0.25) is 5.43 Å². The molecule has 0 aromatic heterocycles. The van der Waals surface area contributed by atoms with Crippen LogP contribution in [0.1, 0.15) is 15.9 Å². The number of hydrazone groups is 1. The van der Waals surface area contributed by atoms with Crippen molar-refractivity contribution in [1.82, 2.24) is 10.7 Å². The van der Waals surface area contributed by atoms with Gasteiger partial charge in [-0.1, -0.05) is 18.2 Å². The lowest BCUT2D eigenvalue weighted by molar-refractivity contribution is 0.0600. The van der Waals surface area contributed by atoms with Crippen LogP contribution in [-0.2, 0) is 9.47 Å². The van der Waals surface area contributed by atoms with Gasteiger partial charge in [-0.25, -0.2) is 4.79 Å². The first-order chi connectivity index (χ1) is 9.69. The minimum atomic E-state index is -0.409. The van der Waals surface area contributed by atoms with E-state index in [0.29, 0.717) is 29.4 Å². The molecule has 1 aromatic rings. The second kappa shape index (κ2) is 9.00. The molecule has 1 aromatic carbocycles. The lowest BCUT2D eigenvalue weighted by Gasteiger charge is -2.06. The number of carbonyl (C=O) groups excluding carboxylic acids is 1. The fraction of sp³-hybridized carbons (Fsp3) is 0.308. The average Bonchev–Trinajstić information content (AvgIpc) is 2.47. The Labute approximate surface area is 123 Å². The van der Waals surface area contributed by atoms with Crippen LogP contribution in [0.15, 0.2) is 29.4 Å². The second-order valence-corrected chi connectivity index (χ2v) is 4.11. The molecule has 0 aliphatic rings. The van der Waals surface area contributed by atoms with Gasteiger partial charge >= 0.3 is 5.97 Å². The summed E-state index contributed by atoms with van der Waals surface area (Å²) in [5.74, 6) is -0.409. The molecule has 0 amide bonds. The first-order valence-electron chi connectivity index (χ1n) is 5.92. The smallest absolute Gasteiger partial charge is 0.338 e. The summed E-state index contributed by atoms with van der Waals surface area (Å²) in [6, 6.07) is 7.00. The number of benzene rings is 1. The third-order valence-corrected chi connectivity index (χ3v) is 2.56. The molecule has 20 heavy (non-hydrogen) atoms. The highest BCUT2D eigenvalue weighted by Gasteiger charge is 2.08. The third kappa shape index (κ3) is 5.33. The summed E-state index contributed by atoms with van der Waals surface area (Å²) in [6.45, 7) is 1.15. The van der Waals surface area contributed by atoms with Crippen LogP contribution in [0.2, 0.25) is 0 Å². The molecule has 108 valence electrons. The molecule has 0 heterocycles. The van der Waals surface area contributed by atoms with Gasteiger partial charge in [0.05, 0.1) is 25.5 Å². The fourth-order valence-electron chi connectivity index (χ4n) is 1.37. The number of methoxy groups -OCH3 is 2. The average molecular weight is 295 g/mol. The molecule has 0 fully saturated rings. The summed E-state index contributed by atoms with van der Waals surface area (Å²) in [7, 11) is 2.95. The number of carbonyl (C=O) groups is 1. The van der Waals surface area contributed by atoms with Gasteiger partial charge in [0.25, 0.3) is 0 Å². The Balaban J connectivity index is 2.58. The summed E-state index contributed by atoms with van der Waals surface area (Å²) < 4.78 is 9.58. The van der Waals surface area contributed by atoms with Gasteiger partial charge in [0.2, 0.25) is 0 Å². The van der Waals surface area contributed by atoms with Crippen LogP contribution in [0.5, 0.6) is 0 Å². The van der Waals surface area contributed by atoms with Gasteiger partial charge in [0, 0.05) is 19.2 Å². The zero-order chi connectivity index (χ0) is 14.8. The van der Waals surface area contributed by atoms with E-state index in [1.165, 1.54) is 13.3 Å². The molecule has 1 rings (SSSR count). The normalized spacial score (nSPS) is 10.3. The Morgan fingerprint density at radius 1 is 1.40 bits per heavy atom. The fourth-order valence-corrected chi connectivity index (χ4v) is 1.53. The van der Waals surface area contributed by atoms with E-state index in [1.54, 1.807) is 25.3 Å². The summed E-state index contributed by atoms with van der Waals surface area (Å²) >= 11 is 5.01. The van der Waals surface area contributed by atoms with Crippen molar-refractivity contribution in [2.75, 3.05) is 27.4 Å². The molecular weight excluding hydrogens is 278 g/mol. The van der Waals surface area contributed by atoms with E-state index in [-0.39, 0.29) is 0 Å². The first kappa shape index (κ1) is 16.1. The number of ether oxygens (including phenoxy) is 2. The third-order valence-electron chi connectivity index (χ3n) is 2.33. The molecule has 0 saturated heterocycles. The molecule has 0 aliphatic carbocycles. The number of esters is 1. The molecule has 7 heteroatoms. The van der Waals surface area contributed by atoms with Crippen LogP contribution in [-0.4, -0.2) is 44.7 Å². The highest BCUT2D eigenvalue weighted by Crippen LogP contribution is 2.07. The van der Waals surface area contributed by atoms with Gasteiger partial charge in [-0.15, -0.1) is 0 Å². The number of nitrogens with one attached hydrogen (secondary N) is 2. The van der Waals surface area contributed by atoms with E-state index < -0.39 is 5.97 Å². The standard InChI is InChI=1S/C13H17N3O3S/c1-18-8-7-14-13(20)16-15-9-10-5-3-4-6-11(10)12(17)19-2/h3-6,9H,7-8H2,1-2H3,(H2,14,16,20)/b15-9-. The molecule has 0 saturated carbocycles. The van der Waals surface area contributed by atoms with Crippen LogP contribution in [0, 0.1) is 0 Å². The molecule has 6 nitrogen and oxygen atoms in total. The van der Waals surface area contributed by atoms with E-state index in [1.807, 2.05) is 6.07 Å². The molecule has 0 aliphatic heterocycles. The molecule has 0 bridgehead atoms. The number of hydrogen-bond acceptors (Lipinski definition) is 5. The van der Waals surface area contributed by atoms with Gasteiger partial charge in [-0.2, -0.15) is 5.10 Å². The van der Waals surface area contributed by atoms with Crippen molar-refractivity contribution in [2.45, 2.75) is 0 Å². The highest BCUT2D eigenvalue weighted by molar-refractivity contribution is 7.80. The second-order valence-electron chi connectivity index (χ2n) is 3.70. The minimum absolute atomic E-state index is 0.383. The van der Waals surface area contributed by atoms with Crippen molar-refractivity contribution in [2.24, 2.45) is 5.10 Å². The summed E-state index contributed by atoms with van der Waals surface area (Å²) in [6.07, 6.45) is 1.51. The number of hydrogen-bond donors (Lipinski definition) is 2. The maximum atomic E-state index is 11.5. The SMILES string of the molecule is COCCNC(=S)N/N=C\c1ccccc1C(=O)OC. The van der Waals surface area contributed by atoms with Crippen LogP contribution < -0.4 is 10.7 Å². The largest absolute Gasteiger partial charge is 0.465 e. The Morgan fingerprint density at radius 3 is 2.85 bits per heavy atom. The van der Waals surface area contributed by atoms with E-state index in [0.717, 1.165) is 0 Å². The molecular formula is C13H17N3O3S. The van der Waals surface area contributed by atoms with Crippen LogP contribution in [0.3, 0.4) is 0 Å². The molecule has 0 atom stereocenters. The van der Waals surface area contributed by atoms with Crippen LogP contribution >= 0.6 is 12.2 Å². The topological polar surface area (TPSA) is 72.0 Å².